The maximum atomic E-state index is 12.7. The molecule has 2 aromatic rings. The molecule has 162 valence electrons. The summed E-state index contributed by atoms with van der Waals surface area (Å²) >= 11 is 12.2. The highest BCUT2D eigenvalue weighted by molar-refractivity contribution is 7.92. The number of carbonyl (C=O) groups excluding carboxylic acids is 1. The van der Waals surface area contributed by atoms with Crippen molar-refractivity contribution < 1.29 is 21.6 Å². The van der Waals surface area contributed by atoms with Crippen molar-refractivity contribution in [2.75, 3.05) is 16.3 Å². The van der Waals surface area contributed by atoms with Crippen molar-refractivity contribution in [2.24, 2.45) is 0 Å². The summed E-state index contributed by atoms with van der Waals surface area (Å²) < 4.78 is 52.9. The maximum Gasteiger partial charge on any atom is 0.257 e. The monoisotopic (exact) mass is 491 g/mol. The van der Waals surface area contributed by atoms with Crippen LogP contribution in [0.1, 0.15) is 28.8 Å². The molecule has 0 aliphatic heterocycles. The summed E-state index contributed by atoms with van der Waals surface area (Å²) in [5, 5.41) is 2.47. The van der Waals surface area contributed by atoms with E-state index in [2.05, 4.69) is 14.8 Å². The number of amides is 1. The SMILES string of the molecule is Cc1ccc(NC(=O)c2cc(S(=O)(=O)NC3CC3)c(Cl)cc2Cl)cc1NS(C)(=O)=O. The van der Waals surface area contributed by atoms with E-state index >= 15 is 0 Å². The molecule has 0 saturated heterocycles. The second-order valence-corrected chi connectivity index (χ2v) is 11.3. The van der Waals surface area contributed by atoms with Gasteiger partial charge >= 0.3 is 0 Å². The van der Waals surface area contributed by atoms with Gasteiger partial charge in [0.25, 0.3) is 5.91 Å². The van der Waals surface area contributed by atoms with E-state index in [1.54, 1.807) is 19.1 Å². The Bertz CT molecular complexity index is 1230. The molecular formula is C18H19Cl2N3O5S2. The van der Waals surface area contributed by atoms with E-state index in [1.807, 2.05) is 0 Å². The van der Waals surface area contributed by atoms with Gasteiger partial charge in [0.2, 0.25) is 20.0 Å². The summed E-state index contributed by atoms with van der Waals surface area (Å²) in [6.07, 6.45) is 2.51. The second kappa shape index (κ2) is 8.35. The molecule has 8 nitrogen and oxygen atoms in total. The fourth-order valence-corrected chi connectivity index (χ4v) is 5.38. The van der Waals surface area contributed by atoms with Gasteiger partial charge in [0.05, 0.1) is 27.6 Å². The summed E-state index contributed by atoms with van der Waals surface area (Å²) in [4.78, 5) is 12.5. The molecule has 3 N–H and O–H groups in total. The Morgan fingerprint density at radius 2 is 1.70 bits per heavy atom. The average Bonchev–Trinajstić information content (AvgIpc) is 3.39. The van der Waals surface area contributed by atoms with Gasteiger partial charge < -0.3 is 5.32 Å². The van der Waals surface area contributed by atoms with Crippen LogP contribution in [-0.4, -0.2) is 35.0 Å². The summed E-state index contributed by atoms with van der Waals surface area (Å²) in [5.41, 5.74) is 1.16. The Hall–Kier alpha value is -1.85. The first-order valence-electron chi connectivity index (χ1n) is 8.77. The van der Waals surface area contributed by atoms with E-state index in [-0.39, 0.29) is 26.5 Å². The van der Waals surface area contributed by atoms with Gasteiger partial charge in [-0.1, -0.05) is 29.3 Å². The summed E-state index contributed by atoms with van der Waals surface area (Å²) in [5.74, 6) is -0.673. The summed E-state index contributed by atoms with van der Waals surface area (Å²) in [6.45, 7) is 1.71. The Labute approximate surface area is 185 Å². The number of hydrogen-bond acceptors (Lipinski definition) is 5. The molecule has 0 atom stereocenters. The van der Waals surface area contributed by atoms with Gasteiger partial charge in [-0.15, -0.1) is 0 Å². The number of aryl methyl sites for hydroxylation is 1. The van der Waals surface area contributed by atoms with Crippen molar-refractivity contribution in [1.82, 2.24) is 4.72 Å². The van der Waals surface area contributed by atoms with Crippen molar-refractivity contribution >= 4 is 60.5 Å². The predicted molar refractivity (Wildman–Crippen MR) is 117 cm³/mol. The van der Waals surface area contributed by atoms with Gasteiger partial charge in [-0.2, -0.15) is 0 Å². The molecule has 0 bridgehead atoms. The van der Waals surface area contributed by atoms with E-state index in [4.69, 9.17) is 23.2 Å². The number of sulfonamides is 2. The molecular weight excluding hydrogens is 473 g/mol. The second-order valence-electron chi connectivity index (χ2n) is 7.02. The maximum absolute atomic E-state index is 12.7. The van der Waals surface area contributed by atoms with Crippen LogP contribution in [0, 0.1) is 6.92 Å². The zero-order valence-corrected chi connectivity index (χ0v) is 19.1. The van der Waals surface area contributed by atoms with Crippen molar-refractivity contribution in [3.8, 4) is 0 Å². The quantitative estimate of drug-likeness (QED) is 0.547. The van der Waals surface area contributed by atoms with Crippen LogP contribution in [0.2, 0.25) is 10.0 Å². The Morgan fingerprint density at radius 3 is 2.30 bits per heavy atom. The third kappa shape index (κ3) is 5.64. The number of anilines is 2. The molecule has 30 heavy (non-hydrogen) atoms. The largest absolute Gasteiger partial charge is 0.322 e. The number of hydrogen-bond donors (Lipinski definition) is 3. The van der Waals surface area contributed by atoms with E-state index in [0.29, 0.717) is 16.9 Å². The Morgan fingerprint density at radius 1 is 1.03 bits per heavy atom. The van der Waals surface area contributed by atoms with Gasteiger partial charge in [-0.3, -0.25) is 9.52 Å². The highest BCUT2D eigenvalue weighted by Gasteiger charge is 2.30. The zero-order valence-electron chi connectivity index (χ0n) is 16.0. The molecule has 0 spiro atoms. The van der Waals surface area contributed by atoms with Crippen molar-refractivity contribution in [1.29, 1.82) is 0 Å². The first-order chi connectivity index (χ1) is 13.9. The molecule has 1 aliphatic rings. The van der Waals surface area contributed by atoms with Crippen LogP contribution >= 0.6 is 23.2 Å². The van der Waals surface area contributed by atoms with Crippen molar-refractivity contribution in [3.63, 3.8) is 0 Å². The van der Waals surface area contributed by atoms with E-state index in [0.717, 1.165) is 25.2 Å². The molecule has 1 amide bonds. The number of halogens is 2. The van der Waals surface area contributed by atoms with Gasteiger partial charge in [0.1, 0.15) is 4.90 Å². The van der Waals surface area contributed by atoms with Crippen molar-refractivity contribution in [2.45, 2.75) is 30.7 Å². The fraction of sp³-hybridized carbons (Fsp3) is 0.278. The molecule has 0 radical (unpaired) electrons. The standard InChI is InChI=1S/C18H19Cl2N3O5S2/c1-10-3-4-12(7-16(10)23-29(2,25)26)21-18(24)13-8-17(15(20)9-14(13)19)30(27,28)22-11-5-6-11/h3-4,7-9,11,22-23H,5-6H2,1-2H3,(H,21,24). The normalized spacial score (nSPS) is 14.4. The molecule has 2 aromatic carbocycles. The molecule has 0 aromatic heterocycles. The molecule has 0 unspecified atom stereocenters. The van der Waals surface area contributed by atoms with Gasteiger partial charge in [0, 0.05) is 11.7 Å². The lowest BCUT2D eigenvalue weighted by molar-refractivity contribution is 0.102. The lowest BCUT2D eigenvalue weighted by atomic mass is 10.1. The number of carbonyl (C=O) groups is 1. The number of nitrogens with one attached hydrogen (secondary N) is 3. The van der Waals surface area contributed by atoms with E-state index in [1.165, 1.54) is 12.1 Å². The molecule has 12 heteroatoms. The third-order valence-corrected chi connectivity index (χ3v) is 7.13. The fourth-order valence-electron chi connectivity index (χ4n) is 2.60. The molecule has 3 rings (SSSR count). The van der Waals surface area contributed by atoms with E-state index < -0.39 is 26.0 Å². The first kappa shape index (κ1) is 22.8. The average molecular weight is 492 g/mol. The van der Waals surface area contributed by atoms with Crippen LogP contribution in [0.25, 0.3) is 0 Å². The van der Waals surface area contributed by atoms with Crippen LogP contribution in [0.15, 0.2) is 35.2 Å². The minimum atomic E-state index is -3.90. The van der Waals surface area contributed by atoms with E-state index in [9.17, 15) is 21.6 Å². The van der Waals surface area contributed by atoms with Gasteiger partial charge in [-0.05, 0) is 49.6 Å². The highest BCUT2D eigenvalue weighted by atomic mass is 35.5. The third-order valence-electron chi connectivity index (χ3n) is 4.25. The lowest BCUT2D eigenvalue weighted by Crippen LogP contribution is -2.26. The minimum absolute atomic E-state index is 0.0236. The Kier molecular flexibility index (Phi) is 6.35. The molecule has 1 saturated carbocycles. The smallest absolute Gasteiger partial charge is 0.257 e. The van der Waals surface area contributed by atoms with Crippen LogP contribution in [-0.2, 0) is 20.0 Å². The predicted octanol–water partition coefficient (Wildman–Crippen LogP) is 3.37. The molecule has 1 aliphatic carbocycles. The first-order valence-corrected chi connectivity index (χ1v) is 12.9. The zero-order chi connectivity index (χ0) is 22.3. The minimum Gasteiger partial charge on any atom is -0.322 e. The molecule has 1 fully saturated rings. The number of rotatable bonds is 7. The van der Waals surface area contributed by atoms with Crippen molar-refractivity contribution in [3.05, 3.63) is 51.5 Å². The molecule has 0 heterocycles. The van der Waals surface area contributed by atoms with Gasteiger partial charge in [-0.25, -0.2) is 21.6 Å². The van der Waals surface area contributed by atoms with Crippen LogP contribution in [0.3, 0.4) is 0 Å². The van der Waals surface area contributed by atoms with Crippen LogP contribution in [0.5, 0.6) is 0 Å². The highest BCUT2D eigenvalue weighted by Crippen LogP contribution is 2.31. The number of benzene rings is 2. The Balaban J connectivity index is 1.90. The van der Waals surface area contributed by atoms with Gasteiger partial charge in [0.15, 0.2) is 0 Å². The summed E-state index contributed by atoms with van der Waals surface area (Å²) in [6, 6.07) is 6.84. The lowest BCUT2D eigenvalue weighted by Gasteiger charge is -2.13. The van der Waals surface area contributed by atoms with Crippen LogP contribution in [0.4, 0.5) is 11.4 Å². The summed E-state index contributed by atoms with van der Waals surface area (Å²) in [7, 11) is -7.41. The van der Waals surface area contributed by atoms with Crippen LogP contribution < -0.4 is 14.8 Å². The topological polar surface area (TPSA) is 121 Å².